The van der Waals surface area contributed by atoms with Crippen LogP contribution in [0.2, 0.25) is 0 Å². The Morgan fingerprint density at radius 3 is 2.66 bits per heavy atom. The summed E-state index contributed by atoms with van der Waals surface area (Å²) in [7, 11) is 1.70. The number of carbonyl (C=O) groups is 1. The van der Waals surface area contributed by atoms with E-state index in [4.69, 9.17) is 14.2 Å². The molecule has 0 aromatic heterocycles. The summed E-state index contributed by atoms with van der Waals surface area (Å²) in [6.45, 7) is 5.02. The molecule has 7 nitrogen and oxygen atoms in total. The van der Waals surface area contributed by atoms with E-state index in [-0.39, 0.29) is 12.0 Å². The number of methoxy groups -OCH3 is 1. The Bertz CT molecular complexity index is 836. The van der Waals surface area contributed by atoms with Gasteiger partial charge in [0.25, 0.3) is 5.91 Å². The summed E-state index contributed by atoms with van der Waals surface area (Å²) < 4.78 is 17.1. The molecule has 2 aromatic carbocycles. The molecule has 1 amide bonds. The molecule has 2 heterocycles. The number of hydrogen-bond acceptors (Lipinski definition) is 5. The molecule has 0 radical (unpaired) electrons. The molecule has 0 spiro atoms. The first-order valence-corrected chi connectivity index (χ1v) is 10.1. The van der Waals surface area contributed by atoms with Crippen LogP contribution in [-0.4, -0.2) is 65.0 Å². The van der Waals surface area contributed by atoms with Crippen LogP contribution in [-0.2, 0) is 4.79 Å². The van der Waals surface area contributed by atoms with Crippen LogP contribution in [0.1, 0.15) is 0 Å². The van der Waals surface area contributed by atoms with Gasteiger partial charge in [-0.25, -0.2) is 0 Å². The zero-order chi connectivity index (χ0) is 20.1. The minimum Gasteiger partial charge on any atom is -0.495 e. The Hall–Kier alpha value is -2.93. The molecule has 2 aliphatic heterocycles. The maximum atomic E-state index is 12.4. The van der Waals surface area contributed by atoms with Crippen LogP contribution in [0.5, 0.6) is 17.2 Å². The molecule has 0 saturated carbocycles. The number of anilines is 1. The molecule has 0 aliphatic carbocycles. The fourth-order valence-electron chi connectivity index (χ4n) is 3.81. The quantitative estimate of drug-likeness (QED) is 0.736. The Balaban J connectivity index is 1.20. The third kappa shape index (κ3) is 4.74. The number of benzene rings is 2. The molecular formula is C22H28N3O4+. The summed E-state index contributed by atoms with van der Waals surface area (Å²) in [4.78, 5) is 16.0. The van der Waals surface area contributed by atoms with Crippen molar-refractivity contribution in [2.75, 3.05) is 57.9 Å². The van der Waals surface area contributed by atoms with Crippen molar-refractivity contribution in [3.8, 4) is 17.2 Å². The number of para-hydroxylation sites is 4. The minimum atomic E-state index is -0.161. The standard InChI is InChI=1S/C22H27N3O4/c1-27-19-7-3-2-6-18(19)25-12-10-24(11-13-25)15-22(26)23-14-17-16-28-20-8-4-5-9-21(20)29-17/h2-9,17H,10-16H2,1H3,(H,23,26)/p+1/t17-/m0/s1. The summed E-state index contributed by atoms with van der Waals surface area (Å²) in [5, 5.41) is 2.99. The predicted octanol–water partition coefficient (Wildman–Crippen LogP) is 0.356. The summed E-state index contributed by atoms with van der Waals surface area (Å²) in [6, 6.07) is 15.7. The number of amides is 1. The maximum absolute atomic E-state index is 12.4. The van der Waals surface area contributed by atoms with Crippen LogP contribution < -0.4 is 29.3 Å². The Morgan fingerprint density at radius 1 is 1.14 bits per heavy atom. The molecule has 29 heavy (non-hydrogen) atoms. The van der Waals surface area contributed by atoms with Gasteiger partial charge in [-0.1, -0.05) is 24.3 Å². The molecule has 4 rings (SSSR count). The molecule has 2 N–H and O–H groups in total. The van der Waals surface area contributed by atoms with E-state index in [2.05, 4.69) is 16.3 Å². The third-order valence-corrected chi connectivity index (χ3v) is 5.40. The van der Waals surface area contributed by atoms with E-state index in [1.54, 1.807) is 7.11 Å². The molecule has 0 unspecified atom stereocenters. The fraction of sp³-hybridized carbons (Fsp3) is 0.409. The number of piperazine rings is 1. The van der Waals surface area contributed by atoms with Gasteiger partial charge in [-0.3, -0.25) is 4.79 Å². The van der Waals surface area contributed by atoms with Gasteiger partial charge >= 0.3 is 0 Å². The van der Waals surface area contributed by atoms with Gasteiger partial charge in [0.1, 0.15) is 18.5 Å². The van der Waals surface area contributed by atoms with Crippen molar-refractivity contribution in [2.24, 2.45) is 0 Å². The van der Waals surface area contributed by atoms with Crippen LogP contribution in [0, 0.1) is 0 Å². The number of fused-ring (bicyclic) bond motifs is 1. The Kier molecular flexibility index (Phi) is 6.05. The van der Waals surface area contributed by atoms with E-state index < -0.39 is 0 Å². The topological polar surface area (TPSA) is 64.5 Å². The van der Waals surface area contributed by atoms with Gasteiger partial charge in [0.15, 0.2) is 18.0 Å². The molecule has 154 valence electrons. The summed E-state index contributed by atoms with van der Waals surface area (Å²) >= 11 is 0. The van der Waals surface area contributed by atoms with Crippen molar-refractivity contribution >= 4 is 11.6 Å². The molecular weight excluding hydrogens is 370 g/mol. The fourth-order valence-corrected chi connectivity index (χ4v) is 3.81. The maximum Gasteiger partial charge on any atom is 0.275 e. The van der Waals surface area contributed by atoms with Crippen LogP contribution in [0.25, 0.3) is 0 Å². The van der Waals surface area contributed by atoms with Crippen molar-refractivity contribution < 1.29 is 23.9 Å². The predicted molar refractivity (Wildman–Crippen MR) is 110 cm³/mol. The highest BCUT2D eigenvalue weighted by Gasteiger charge is 2.25. The van der Waals surface area contributed by atoms with Crippen molar-refractivity contribution in [1.82, 2.24) is 5.32 Å². The average molecular weight is 398 g/mol. The second-order valence-corrected chi connectivity index (χ2v) is 7.39. The number of hydrogen-bond donors (Lipinski definition) is 2. The SMILES string of the molecule is COc1ccccc1N1CC[NH+](CC(=O)NC[C@H]2COc3ccccc3O2)CC1. The van der Waals surface area contributed by atoms with Crippen LogP contribution in [0.3, 0.4) is 0 Å². The van der Waals surface area contributed by atoms with Gasteiger partial charge in [-0.15, -0.1) is 0 Å². The highest BCUT2D eigenvalue weighted by Crippen LogP contribution is 2.30. The van der Waals surface area contributed by atoms with E-state index in [9.17, 15) is 4.79 Å². The first-order valence-electron chi connectivity index (χ1n) is 10.1. The van der Waals surface area contributed by atoms with Gasteiger partial charge < -0.3 is 29.3 Å². The van der Waals surface area contributed by atoms with E-state index in [0.29, 0.717) is 19.7 Å². The zero-order valence-electron chi connectivity index (χ0n) is 16.7. The van der Waals surface area contributed by atoms with Crippen LogP contribution in [0.15, 0.2) is 48.5 Å². The first kappa shape index (κ1) is 19.4. The number of nitrogens with zero attached hydrogens (tertiary/aromatic N) is 1. The second-order valence-electron chi connectivity index (χ2n) is 7.39. The zero-order valence-corrected chi connectivity index (χ0v) is 16.7. The second kappa shape index (κ2) is 9.05. The number of nitrogens with one attached hydrogen (secondary N) is 2. The molecule has 0 bridgehead atoms. The summed E-state index contributed by atoms with van der Waals surface area (Å²) in [5.74, 6) is 2.43. The highest BCUT2D eigenvalue weighted by molar-refractivity contribution is 5.76. The van der Waals surface area contributed by atoms with E-state index >= 15 is 0 Å². The van der Waals surface area contributed by atoms with Crippen LogP contribution >= 0.6 is 0 Å². The van der Waals surface area contributed by atoms with Crippen molar-refractivity contribution in [3.63, 3.8) is 0 Å². The van der Waals surface area contributed by atoms with E-state index in [1.807, 2.05) is 42.5 Å². The van der Waals surface area contributed by atoms with Gasteiger partial charge in [0.05, 0.1) is 45.5 Å². The number of ether oxygens (including phenoxy) is 3. The van der Waals surface area contributed by atoms with Gasteiger partial charge in [0.2, 0.25) is 0 Å². The lowest BCUT2D eigenvalue weighted by atomic mass is 10.2. The van der Waals surface area contributed by atoms with E-state index in [1.165, 1.54) is 4.90 Å². The monoisotopic (exact) mass is 398 g/mol. The Morgan fingerprint density at radius 2 is 1.86 bits per heavy atom. The third-order valence-electron chi connectivity index (χ3n) is 5.40. The van der Waals surface area contributed by atoms with Crippen LogP contribution in [0.4, 0.5) is 5.69 Å². The van der Waals surface area contributed by atoms with Crippen molar-refractivity contribution in [2.45, 2.75) is 6.10 Å². The smallest absolute Gasteiger partial charge is 0.275 e. The lowest BCUT2D eigenvalue weighted by molar-refractivity contribution is -0.892. The molecule has 7 heteroatoms. The summed E-state index contributed by atoms with van der Waals surface area (Å²) in [6.07, 6.45) is -0.161. The normalized spacial score (nSPS) is 18.9. The van der Waals surface area contributed by atoms with Crippen molar-refractivity contribution in [3.05, 3.63) is 48.5 Å². The number of rotatable bonds is 6. The van der Waals surface area contributed by atoms with Gasteiger partial charge in [-0.2, -0.15) is 0 Å². The van der Waals surface area contributed by atoms with Gasteiger partial charge in [0, 0.05) is 0 Å². The molecule has 1 fully saturated rings. The lowest BCUT2D eigenvalue weighted by Gasteiger charge is -2.34. The molecule has 1 saturated heterocycles. The molecule has 1 atom stereocenters. The highest BCUT2D eigenvalue weighted by atomic mass is 16.6. The molecule has 2 aliphatic rings. The van der Waals surface area contributed by atoms with Crippen molar-refractivity contribution in [1.29, 1.82) is 0 Å². The van der Waals surface area contributed by atoms with Gasteiger partial charge in [-0.05, 0) is 24.3 Å². The average Bonchev–Trinajstić information content (AvgIpc) is 2.78. The Labute approximate surface area is 171 Å². The minimum absolute atomic E-state index is 0.0493. The molecule has 2 aromatic rings. The first-order chi connectivity index (χ1) is 14.2. The largest absolute Gasteiger partial charge is 0.495 e. The number of carbonyl (C=O) groups excluding carboxylic acids is 1. The lowest BCUT2D eigenvalue weighted by Crippen LogP contribution is -3.16. The summed E-state index contributed by atoms with van der Waals surface area (Å²) in [5.41, 5.74) is 1.12. The number of quaternary nitrogens is 1. The van der Waals surface area contributed by atoms with E-state index in [0.717, 1.165) is 49.1 Å².